The van der Waals surface area contributed by atoms with Gasteiger partial charge in [0.25, 0.3) is 0 Å². The Morgan fingerprint density at radius 3 is 2.88 bits per heavy atom. The van der Waals surface area contributed by atoms with Gasteiger partial charge >= 0.3 is 0 Å². The van der Waals surface area contributed by atoms with Crippen molar-refractivity contribution in [2.24, 2.45) is 0 Å². The molecular weight excluding hydrogens is 238 g/mol. The molecule has 0 aromatic heterocycles. The number of thioether (sulfide) groups is 1. The molecule has 2 atom stereocenters. The fourth-order valence-corrected chi connectivity index (χ4v) is 2.81. The summed E-state index contributed by atoms with van der Waals surface area (Å²) < 4.78 is 10.5. The highest BCUT2D eigenvalue weighted by Gasteiger charge is 2.14. The van der Waals surface area contributed by atoms with Gasteiger partial charge in [-0.2, -0.15) is 11.8 Å². The number of methoxy groups -OCH3 is 1. The Labute approximate surface area is 109 Å². The van der Waals surface area contributed by atoms with Gasteiger partial charge in [0, 0.05) is 26.0 Å². The first-order chi connectivity index (χ1) is 8.22. The zero-order chi connectivity index (χ0) is 12.5. The number of hydrogen-bond donors (Lipinski definition) is 1. The van der Waals surface area contributed by atoms with Crippen LogP contribution >= 0.6 is 11.8 Å². The van der Waals surface area contributed by atoms with Crippen molar-refractivity contribution in [3.8, 4) is 0 Å². The van der Waals surface area contributed by atoms with Crippen LogP contribution < -0.4 is 0 Å². The molecule has 0 aromatic rings. The van der Waals surface area contributed by atoms with E-state index in [1.807, 2.05) is 18.7 Å². The Balaban J connectivity index is 2.12. The molecule has 0 bridgehead atoms. The molecule has 0 saturated carbocycles. The molecular formula is C12H25NO3S. The largest absolute Gasteiger partial charge is 0.389 e. The van der Waals surface area contributed by atoms with E-state index in [0.29, 0.717) is 13.2 Å². The average Bonchev–Trinajstić information content (AvgIpc) is 2.55. The molecule has 4 nitrogen and oxygen atoms in total. The van der Waals surface area contributed by atoms with E-state index in [2.05, 4.69) is 4.90 Å². The lowest BCUT2D eigenvalue weighted by Gasteiger charge is -2.23. The molecule has 0 aromatic carbocycles. The van der Waals surface area contributed by atoms with Gasteiger partial charge in [0.1, 0.15) is 0 Å². The predicted molar refractivity (Wildman–Crippen MR) is 71.7 cm³/mol. The zero-order valence-electron chi connectivity index (χ0n) is 10.9. The summed E-state index contributed by atoms with van der Waals surface area (Å²) in [6.45, 7) is 5.83. The summed E-state index contributed by atoms with van der Waals surface area (Å²) in [5.41, 5.74) is 0. The second-order valence-electron chi connectivity index (χ2n) is 4.52. The quantitative estimate of drug-likeness (QED) is 0.737. The van der Waals surface area contributed by atoms with Crippen molar-refractivity contribution >= 4 is 11.8 Å². The third kappa shape index (κ3) is 7.26. The predicted octanol–water partition coefficient (Wildman–Crippen LogP) is 0.838. The van der Waals surface area contributed by atoms with Crippen LogP contribution in [0.1, 0.15) is 13.3 Å². The van der Waals surface area contributed by atoms with Gasteiger partial charge in [0.05, 0.1) is 25.4 Å². The molecule has 1 N–H and O–H groups in total. The topological polar surface area (TPSA) is 41.9 Å². The molecule has 0 spiro atoms. The SMILES string of the molecule is COCC(C)OCC(O)CN1CCCSCC1. The average molecular weight is 263 g/mol. The molecule has 0 radical (unpaired) electrons. The molecule has 5 heteroatoms. The maximum atomic E-state index is 9.90. The Hall–Kier alpha value is 0.190. The van der Waals surface area contributed by atoms with Gasteiger partial charge in [-0.15, -0.1) is 0 Å². The van der Waals surface area contributed by atoms with E-state index < -0.39 is 6.10 Å². The number of rotatable bonds is 7. The third-order valence-electron chi connectivity index (χ3n) is 2.76. The minimum absolute atomic E-state index is 0.0503. The molecule has 2 unspecified atom stereocenters. The lowest BCUT2D eigenvalue weighted by molar-refractivity contribution is -0.0392. The van der Waals surface area contributed by atoms with Crippen molar-refractivity contribution in [2.45, 2.75) is 25.6 Å². The van der Waals surface area contributed by atoms with E-state index in [0.717, 1.165) is 19.6 Å². The molecule has 0 amide bonds. The summed E-state index contributed by atoms with van der Waals surface area (Å²) in [5, 5.41) is 9.90. The number of nitrogens with zero attached hydrogens (tertiary/aromatic N) is 1. The maximum Gasteiger partial charge on any atom is 0.0900 e. The second kappa shape index (κ2) is 9.16. The minimum atomic E-state index is -0.391. The number of aliphatic hydroxyl groups is 1. The number of aliphatic hydroxyl groups excluding tert-OH is 1. The fraction of sp³-hybridized carbons (Fsp3) is 1.00. The Bertz CT molecular complexity index is 187. The fourth-order valence-electron chi connectivity index (χ4n) is 1.89. The van der Waals surface area contributed by atoms with Crippen LogP contribution in [0.4, 0.5) is 0 Å². The van der Waals surface area contributed by atoms with E-state index in [1.54, 1.807) is 7.11 Å². The van der Waals surface area contributed by atoms with E-state index in [-0.39, 0.29) is 6.10 Å². The normalized spacial score (nSPS) is 22.1. The molecule has 1 fully saturated rings. The molecule has 0 aliphatic carbocycles. The molecule has 102 valence electrons. The summed E-state index contributed by atoms with van der Waals surface area (Å²) in [6.07, 6.45) is 0.880. The van der Waals surface area contributed by atoms with Crippen molar-refractivity contribution < 1.29 is 14.6 Å². The second-order valence-corrected chi connectivity index (χ2v) is 5.74. The van der Waals surface area contributed by atoms with Crippen LogP contribution in [-0.2, 0) is 9.47 Å². The minimum Gasteiger partial charge on any atom is -0.389 e. The molecule has 17 heavy (non-hydrogen) atoms. The highest BCUT2D eigenvalue weighted by Crippen LogP contribution is 2.10. The zero-order valence-corrected chi connectivity index (χ0v) is 11.7. The van der Waals surface area contributed by atoms with Gasteiger partial charge in [-0.05, 0) is 25.6 Å². The van der Waals surface area contributed by atoms with Crippen LogP contribution in [0.15, 0.2) is 0 Å². The van der Waals surface area contributed by atoms with Crippen molar-refractivity contribution in [1.82, 2.24) is 4.90 Å². The Kier molecular flexibility index (Phi) is 8.22. The number of hydrogen-bond acceptors (Lipinski definition) is 5. The van der Waals surface area contributed by atoms with Gasteiger partial charge in [-0.3, -0.25) is 4.90 Å². The first-order valence-corrected chi connectivity index (χ1v) is 7.46. The smallest absolute Gasteiger partial charge is 0.0900 e. The van der Waals surface area contributed by atoms with Gasteiger partial charge in [-0.1, -0.05) is 0 Å². The monoisotopic (exact) mass is 263 g/mol. The lowest BCUT2D eigenvalue weighted by Crippen LogP contribution is -2.37. The standard InChI is InChI=1S/C12H25NO3S/c1-11(9-15-2)16-10-12(14)8-13-4-3-6-17-7-5-13/h11-12,14H,3-10H2,1-2H3. The first-order valence-electron chi connectivity index (χ1n) is 6.31. The lowest BCUT2D eigenvalue weighted by atomic mass is 10.3. The molecule has 1 saturated heterocycles. The van der Waals surface area contributed by atoms with Crippen LogP contribution in [-0.4, -0.2) is 73.7 Å². The van der Waals surface area contributed by atoms with Crippen LogP contribution in [0.2, 0.25) is 0 Å². The molecule has 1 aliphatic rings. The van der Waals surface area contributed by atoms with E-state index in [4.69, 9.17) is 9.47 Å². The van der Waals surface area contributed by atoms with Gasteiger partial charge < -0.3 is 14.6 Å². The molecule has 1 aliphatic heterocycles. The van der Waals surface area contributed by atoms with Gasteiger partial charge in [-0.25, -0.2) is 0 Å². The van der Waals surface area contributed by atoms with Gasteiger partial charge in [0.2, 0.25) is 0 Å². The van der Waals surface area contributed by atoms with E-state index >= 15 is 0 Å². The summed E-state index contributed by atoms with van der Waals surface area (Å²) in [5.74, 6) is 2.42. The van der Waals surface area contributed by atoms with Crippen LogP contribution in [0.5, 0.6) is 0 Å². The van der Waals surface area contributed by atoms with Crippen molar-refractivity contribution in [2.75, 3.05) is 51.5 Å². The summed E-state index contributed by atoms with van der Waals surface area (Å²) in [6, 6.07) is 0. The highest BCUT2D eigenvalue weighted by molar-refractivity contribution is 7.99. The summed E-state index contributed by atoms with van der Waals surface area (Å²) >= 11 is 2.00. The van der Waals surface area contributed by atoms with E-state index in [9.17, 15) is 5.11 Å². The van der Waals surface area contributed by atoms with Crippen molar-refractivity contribution in [3.05, 3.63) is 0 Å². The van der Waals surface area contributed by atoms with E-state index in [1.165, 1.54) is 17.9 Å². The van der Waals surface area contributed by atoms with Crippen LogP contribution in [0.25, 0.3) is 0 Å². The van der Waals surface area contributed by atoms with Gasteiger partial charge in [0.15, 0.2) is 0 Å². The van der Waals surface area contributed by atoms with Crippen molar-refractivity contribution in [3.63, 3.8) is 0 Å². The first kappa shape index (κ1) is 15.2. The van der Waals surface area contributed by atoms with Crippen LogP contribution in [0, 0.1) is 0 Å². The molecule has 1 rings (SSSR count). The summed E-state index contributed by atoms with van der Waals surface area (Å²) in [4.78, 5) is 2.33. The highest BCUT2D eigenvalue weighted by atomic mass is 32.2. The van der Waals surface area contributed by atoms with Crippen LogP contribution in [0.3, 0.4) is 0 Å². The number of ether oxygens (including phenoxy) is 2. The van der Waals surface area contributed by atoms with Crippen molar-refractivity contribution in [1.29, 1.82) is 0 Å². The Morgan fingerprint density at radius 1 is 1.29 bits per heavy atom. The number of β-amino-alcohol motifs (C(OH)–C–C–N with tert-alkyl or cyclic N) is 1. The maximum absolute atomic E-state index is 9.90. The molecule has 1 heterocycles. The third-order valence-corrected chi connectivity index (χ3v) is 3.81. The summed E-state index contributed by atoms with van der Waals surface area (Å²) in [7, 11) is 1.66. The Morgan fingerprint density at radius 2 is 2.12 bits per heavy atom.